The van der Waals surface area contributed by atoms with Crippen LogP contribution in [0.5, 0.6) is 0 Å². The van der Waals surface area contributed by atoms with Gasteiger partial charge in [-0.1, -0.05) is 18.2 Å². The second-order valence-corrected chi connectivity index (χ2v) is 5.94. The number of nitrogens with two attached hydrogens (primary N) is 1. The fourth-order valence-electron chi connectivity index (χ4n) is 1.95. The number of hydrogen-bond donors (Lipinski definition) is 3. The fourth-order valence-corrected chi connectivity index (χ4v) is 2.40. The minimum Gasteiger partial charge on any atom is -0.378 e. The summed E-state index contributed by atoms with van der Waals surface area (Å²) in [5.74, 6) is -0.300. The highest BCUT2D eigenvalue weighted by molar-refractivity contribution is 7.90. The molecule has 0 saturated heterocycles. The van der Waals surface area contributed by atoms with Gasteiger partial charge in [0.05, 0.1) is 5.69 Å². The van der Waals surface area contributed by atoms with Gasteiger partial charge in [0.2, 0.25) is 0 Å². The average Bonchev–Trinajstić information content (AvgIpc) is 2.37. The Bertz CT molecular complexity index is 735. The molecule has 0 aliphatic heterocycles. The van der Waals surface area contributed by atoms with E-state index in [9.17, 15) is 12.8 Å². The molecule has 0 amide bonds. The summed E-state index contributed by atoms with van der Waals surface area (Å²) in [5, 5.41) is 8.09. The van der Waals surface area contributed by atoms with Crippen molar-refractivity contribution in [2.75, 3.05) is 10.0 Å². The second-order valence-electron chi connectivity index (χ2n) is 4.65. The van der Waals surface area contributed by atoms with Gasteiger partial charge >= 0.3 is 0 Å². The summed E-state index contributed by atoms with van der Waals surface area (Å²) in [6.45, 7) is 1.88. The van der Waals surface area contributed by atoms with Crippen LogP contribution in [0.15, 0.2) is 48.5 Å². The van der Waals surface area contributed by atoms with Gasteiger partial charge in [0.25, 0.3) is 10.2 Å². The van der Waals surface area contributed by atoms with Crippen molar-refractivity contribution in [1.82, 2.24) is 0 Å². The van der Waals surface area contributed by atoms with Crippen LogP contribution >= 0.6 is 0 Å². The van der Waals surface area contributed by atoms with E-state index in [4.69, 9.17) is 5.14 Å². The van der Waals surface area contributed by atoms with Gasteiger partial charge in [0, 0.05) is 11.7 Å². The lowest BCUT2D eigenvalue weighted by molar-refractivity contribution is 0.603. The smallest absolute Gasteiger partial charge is 0.296 e. The fraction of sp³-hybridized carbons (Fsp3) is 0.143. The standard InChI is InChI=1S/C14H16FN3O2S/c1-10(11-4-2-5-12(15)8-11)17-13-6-3-7-14(9-13)18-21(16,19)20/h2-10,17-18H,1H3,(H2,16,19,20). The molecule has 0 saturated carbocycles. The summed E-state index contributed by atoms with van der Waals surface area (Å²) < 4.78 is 37.4. The largest absolute Gasteiger partial charge is 0.378 e. The first-order chi connectivity index (χ1) is 9.83. The predicted octanol–water partition coefficient (Wildman–Crippen LogP) is 2.61. The van der Waals surface area contributed by atoms with Crippen molar-refractivity contribution in [3.8, 4) is 0 Å². The molecule has 21 heavy (non-hydrogen) atoms. The van der Waals surface area contributed by atoms with Crippen LogP contribution < -0.4 is 15.2 Å². The highest BCUT2D eigenvalue weighted by Crippen LogP contribution is 2.22. The third-order valence-electron chi connectivity index (χ3n) is 2.85. The van der Waals surface area contributed by atoms with Crippen LogP contribution in [-0.4, -0.2) is 8.42 Å². The monoisotopic (exact) mass is 309 g/mol. The first-order valence-corrected chi connectivity index (χ1v) is 7.81. The maximum atomic E-state index is 13.2. The van der Waals surface area contributed by atoms with Crippen LogP contribution in [0, 0.1) is 5.82 Å². The Morgan fingerprint density at radius 1 is 1.10 bits per heavy atom. The summed E-state index contributed by atoms with van der Waals surface area (Å²) in [5.41, 5.74) is 1.84. The molecule has 0 fully saturated rings. The first-order valence-electron chi connectivity index (χ1n) is 6.26. The molecule has 2 aromatic rings. The molecule has 0 aliphatic carbocycles. The Morgan fingerprint density at radius 3 is 2.43 bits per heavy atom. The topological polar surface area (TPSA) is 84.2 Å². The second kappa shape index (κ2) is 6.11. The van der Waals surface area contributed by atoms with Crippen molar-refractivity contribution in [2.24, 2.45) is 5.14 Å². The third-order valence-corrected chi connectivity index (χ3v) is 3.37. The molecular formula is C14H16FN3O2S. The summed E-state index contributed by atoms with van der Waals surface area (Å²) >= 11 is 0. The Labute approximate surface area is 123 Å². The quantitative estimate of drug-likeness (QED) is 0.793. The molecule has 4 N–H and O–H groups in total. The molecular weight excluding hydrogens is 293 g/mol. The van der Waals surface area contributed by atoms with Gasteiger partial charge in [-0.05, 0) is 42.8 Å². The van der Waals surface area contributed by atoms with Gasteiger partial charge in [-0.3, -0.25) is 4.72 Å². The van der Waals surface area contributed by atoms with Crippen LogP contribution in [-0.2, 0) is 10.2 Å². The predicted molar refractivity (Wildman–Crippen MR) is 81.6 cm³/mol. The van der Waals surface area contributed by atoms with Crippen molar-refractivity contribution >= 4 is 21.6 Å². The Balaban J connectivity index is 2.14. The summed E-state index contributed by atoms with van der Waals surface area (Å²) in [4.78, 5) is 0. The minimum atomic E-state index is -3.81. The zero-order chi connectivity index (χ0) is 15.5. The van der Waals surface area contributed by atoms with Crippen LogP contribution in [0.1, 0.15) is 18.5 Å². The van der Waals surface area contributed by atoms with Crippen LogP contribution in [0.2, 0.25) is 0 Å². The van der Waals surface area contributed by atoms with Crippen molar-refractivity contribution in [2.45, 2.75) is 13.0 Å². The Morgan fingerprint density at radius 2 is 1.76 bits per heavy atom. The van der Waals surface area contributed by atoms with Crippen molar-refractivity contribution < 1.29 is 12.8 Å². The Hall–Kier alpha value is -2.12. The van der Waals surface area contributed by atoms with Gasteiger partial charge in [-0.25, -0.2) is 9.53 Å². The number of hydrogen-bond acceptors (Lipinski definition) is 3. The molecule has 7 heteroatoms. The molecule has 1 atom stereocenters. The van der Waals surface area contributed by atoms with Crippen molar-refractivity contribution in [1.29, 1.82) is 0 Å². The van der Waals surface area contributed by atoms with E-state index in [2.05, 4.69) is 10.0 Å². The number of rotatable bonds is 5. The lowest BCUT2D eigenvalue weighted by Crippen LogP contribution is -2.21. The summed E-state index contributed by atoms with van der Waals surface area (Å²) in [6.07, 6.45) is 0. The van der Waals surface area contributed by atoms with Gasteiger partial charge in [-0.2, -0.15) is 8.42 Å². The zero-order valence-corrected chi connectivity index (χ0v) is 12.2. The van der Waals surface area contributed by atoms with Gasteiger partial charge in [0.15, 0.2) is 0 Å². The van der Waals surface area contributed by atoms with Crippen molar-refractivity contribution in [3.05, 3.63) is 59.9 Å². The van der Waals surface area contributed by atoms with E-state index < -0.39 is 10.2 Å². The summed E-state index contributed by atoms with van der Waals surface area (Å²) in [6, 6.07) is 12.8. The van der Waals surface area contributed by atoms with Crippen LogP contribution in [0.4, 0.5) is 15.8 Å². The van der Waals surface area contributed by atoms with E-state index in [1.165, 1.54) is 12.1 Å². The van der Waals surface area contributed by atoms with Gasteiger partial charge in [0.1, 0.15) is 5.82 Å². The Kier molecular flexibility index (Phi) is 4.44. The van der Waals surface area contributed by atoms with E-state index in [0.717, 1.165) is 5.56 Å². The van der Waals surface area contributed by atoms with Crippen LogP contribution in [0.3, 0.4) is 0 Å². The van der Waals surface area contributed by atoms with E-state index in [-0.39, 0.29) is 11.9 Å². The number of anilines is 2. The maximum Gasteiger partial charge on any atom is 0.296 e. The van der Waals surface area contributed by atoms with E-state index >= 15 is 0 Å². The third kappa shape index (κ3) is 4.73. The molecule has 2 rings (SSSR count). The summed E-state index contributed by atoms with van der Waals surface area (Å²) in [7, 11) is -3.81. The highest BCUT2D eigenvalue weighted by atomic mass is 32.2. The van der Waals surface area contributed by atoms with Gasteiger partial charge in [-0.15, -0.1) is 0 Å². The molecule has 0 aromatic heterocycles. The molecule has 1 unspecified atom stereocenters. The minimum absolute atomic E-state index is 0.134. The average molecular weight is 309 g/mol. The molecule has 0 bridgehead atoms. The molecule has 2 aromatic carbocycles. The molecule has 0 radical (unpaired) electrons. The molecule has 5 nitrogen and oxygen atoms in total. The van der Waals surface area contributed by atoms with E-state index in [1.54, 1.807) is 30.3 Å². The van der Waals surface area contributed by atoms with E-state index in [1.807, 2.05) is 13.0 Å². The van der Waals surface area contributed by atoms with Crippen molar-refractivity contribution in [3.63, 3.8) is 0 Å². The highest BCUT2D eigenvalue weighted by Gasteiger charge is 2.07. The normalized spacial score (nSPS) is 12.7. The van der Waals surface area contributed by atoms with Gasteiger partial charge < -0.3 is 5.32 Å². The first kappa shape index (κ1) is 15.3. The molecule has 0 heterocycles. The lowest BCUT2D eigenvalue weighted by atomic mass is 10.1. The number of benzene rings is 2. The maximum absolute atomic E-state index is 13.2. The SMILES string of the molecule is CC(Nc1cccc(NS(N)(=O)=O)c1)c1cccc(F)c1. The number of halogens is 1. The molecule has 112 valence electrons. The molecule has 0 spiro atoms. The lowest BCUT2D eigenvalue weighted by Gasteiger charge is -2.16. The zero-order valence-electron chi connectivity index (χ0n) is 11.4. The van der Waals surface area contributed by atoms with Crippen LogP contribution in [0.25, 0.3) is 0 Å². The number of nitrogens with one attached hydrogen (secondary N) is 2. The molecule has 0 aliphatic rings. The van der Waals surface area contributed by atoms with E-state index in [0.29, 0.717) is 11.4 Å².